The third kappa shape index (κ3) is 2.09. The number of aryl methyl sites for hydroxylation is 1. The number of aromatic nitrogens is 3. The molecule has 1 aromatic carbocycles. The second-order valence-corrected chi connectivity index (χ2v) is 4.78. The van der Waals surface area contributed by atoms with Gasteiger partial charge in [-0.1, -0.05) is 29.8 Å². The average molecular weight is 273 g/mol. The first kappa shape index (κ1) is 12.1. The Balaban J connectivity index is 2.24. The lowest BCUT2D eigenvalue weighted by Crippen LogP contribution is -2.04. The van der Waals surface area contributed by atoms with Crippen molar-refractivity contribution in [1.82, 2.24) is 14.8 Å². The van der Waals surface area contributed by atoms with Crippen LogP contribution in [0.15, 0.2) is 36.5 Å². The number of pyridine rings is 1. The molecule has 96 valence electrons. The number of hydrogen-bond donors (Lipinski definition) is 1. The Morgan fingerprint density at radius 2 is 2.11 bits per heavy atom. The van der Waals surface area contributed by atoms with Crippen molar-refractivity contribution in [2.75, 3.05) is 0 Å². The molecule has 0 bridgehead atoms. The maximum Gasteiger partial charge on any atom is 0.154 e. The fourth-order valence-electron chi connectivity index (χ4n) is 2.07. The molecule has 0 aliphatic rings. The first-order chi connectivity index (χ1) is 9.19. The van der Waals surface area contributed by atoms with Gasteiger partial charge in [0.2, 0.25) is 0 Å². The van der Waals surface area contributed by atoms with Gasteiger partial charge in [0, 0.05) is 11.9 Å². The Kier molecular flexibility index (Phi) is 2.97. The van der Waals surface area contributed by atoms with Gasteiger partial charge in [-0.3, -0.25) is 0 Å². The number of nitrogens with zero attached hydrogens (tertiary/aromatic N) is 3. The summed E-state index contributed by atoms with van der Waals surface area (Å²) in [5, 5.41) is 6.05. The van der Waals surface area contributed by atoms with Crippen molar-refractivity contribution in [3.63, 3.8) is 0 Å². The van der Waals surface area contributed by atoms with Crippen molar-refractivity contribution >= 4 is 22.5 Å². The highest BCUT2D eigenvalue weighted by molar-refractivity contribution is 6.31. The topological polar surface area (TPSA) is 56.7 Å². The molecule has 2 N–H and O–H groups in total. The van der Waals surface area contributed by atoms with Gasteiger partial charge in [-0.15, -0.1) is 0 Å². The van der Waals surface area contributed by atoms with Gasteiger partial charge in [-0.05, 0) is 24.6 Å². The van der Waals surface area contributed by atoms with Crippen LogP contribution >= 0.6 is 11.6 Å². The lowest BCUT2D eigenvalue weighted by molar-refractivity contribution is 0.834. The molecule has 0 saturated carbocycles. The van der Waals surface area contributed by atoms with E-state index >= 15 is 0 Å². The zero-order valence-electron chi connectivity index (χ0n) is 10.5. The van der Waals surface area contributed by atoms with Crippen LogP contribution in [0.25, 0.3) is 16.7 Å². The van der Waals surface area contributed by atoms with Gasteiger partial charge in [0.15, 0.2) is 5.82 Å². The summed E-state index contributed by atoms with van der Waals surface area (Å²) < 4.78 is 1.68. The predicted octanol–water partition coefficient (Wildman–Crippen LogP) is 2.84. The van der Waals surface area contributed by atoms with Crippen LogP contribution in [0.1, 0.15) is 11.3 Å². The summed E-state index contributed by atoms with van der Waals surface area (Å²) in [4.78, 5) is 4.59. The highest BCUT2D eigenvalue weighted by Crippen LogP contribution is 2.21. The molecule has 0 radical (unpaired) electrons. The van der Waals surface area contributed by atoms with Gasteiger partial charge >= 0.3 is 0 Å². The number of rotatable bonds is 2. The molecular weight excluding hydrogens is 260 g/mol. The van der Waals surface area contributed by atoms with Gasteiger partial charge < -0.3 is 5.73 Å². The lowest BCUT2D eigenvalue weighted by Gasteiger charge is -2.07. The molecule has 0 atom stereocenters. The molecule has 2 heterocycles. The molecule has 0 aliphatic heterocycles. The van der Waals surface area contributed by atoms with Gasteiger partial charge in [0.05, 0.1) is 22.4 Å². The van der Waals surface area contributed by atoms with E-state index in [2.05, 4.69) is 10.1 Å². The van der Waals surface area contributed by atoms with Crippen LogP contribution in [0.2, 0.25) is 5.02 Å². The third-order valence-corrected chi connectivity index (χ3v) is 3.45. The van der Waals surface area contributed by atoms with Crippen molar-refractivity contribution in [3.05, 3.63) is 52.8 Å². The fourth-order valence-corrected chi connectivity index (χ4v) is 2.20. The monoisotopic (exact) mass is 272 g/mol. The van der Waals surface area contributed by atoms with E-state index in [-0.39, 0.29) is 0 Å². The number of para-hydroxylation sites is 1. The lowest BCUT2D eigenvalue weighted by atomic mass is 10.1. The number of halogens is 1. The van der Waals surface area contributed by atoms with Crippen LogP contribution < -0.4 is 5.73 Å². The summed E-state index contributed by atoms with van der Waals surface area (Å²) in [6.07, 6.45) is 1.76. The van der Waals surface area contributed by atoms with Crippen molar-refractivity contribution in [3.8, 4) is 5.82 Å². The molecule has 0 spiro atoms. The van der Waals surface area contributed by atoms with Crippen molar-refractivity contribution in [1.29, 1.82) is 0 Å². The molecule has 0 saturated heterocycles. The molecule has 0 amide bonds. The maximum absolute atomic E-state index is 6.04. The summed E-state index contributed by atoms with van der Waals surface area (Å²) in [6.45, 7) is 2.33. The second-order valence-electron chi connectivity index (χ2n) is 4.37. The van der Waals surface area contributed by atoms with E-state index in [4.69, 9.17) is 17.3 Å². The van der Waals surface area contributed by atoms with E-state index in [1.165, 1.54) is 0 Å². The molecule has 0 aliphatic carbocycles. The molecule has 3 aromatic rings. The minimum absolute atomic E-state index is 0.462. The molecule has 0 unspecified atom stereocenters. The molecule has 0 fully saturated rings. The first-order valence-corrected chi connectivity index (χ1v) is 6.37. The minimum Gasteiger partial charge on any atom is -0.326 e. The van der Waals surface area contributed by atoms with Gasteiger partial charge in [0.25, 0.3) is 0 Å². The number of hydrogen-bond acceptors (Lipinski definition) is 3. The Morgan fingerprint density at radius 3 is 2.79 bits per heavy atom. The average Bonchev–Trinajstić information content (AvgIpc) is 2.77. The molecule has 19 heavy (non-hydrogen) atoms. The van der Waals surface area contributed by atoms with Crippen LogP contribution in [-0.4, -0.2) is 14.8 Å². The highest BCUT2D eigenvalue weighted by atomic mass is 35.5. The van der Waals surface area contributed by atoms with Crippen LogP contribution in [-0.2, 0) is 6.54 Å². The normalized spacial score (nSPS) is 11.1. The van der Waals surface area contributed by atoms with Crippen molar-refractivity contribution < 1.29 is 0 Å². The van der Waals surface area contributed by atoms with Crippen molar-refractivity contribution in [2.24, 2.45) is 5.73 Å². The molecule has 3 rings (SSSR count). The van der Waals surface area contributed by atoms with E-state index in [9.17, 15) is 0 Å². The fraction of sp³-hybridized carbons (Fsp3) is 0.143. The maximum atomic E-state index is 6.04. The zero-order valence-corrected chi connectivity index (χ0v) is 11.2. The highest BCUT2D eigenvalue weighted by Gasteiger charge is 2.08. The SMILES string of the molecule is Cc1nn(-c2cc(CN)c3ccccc3n2)cc1Cl. The number of benzene rings is 1. The minimum atomic E-state index is 0.462. The molecule has 4 nitrogen and oxygen atoms in total. The summed E-state index contributed by atoms with van der Waals surface area (Å²) in [7, 11) is 0. The van der Waals surface area contributed by atoms with E-state index in [0.29, 0.717) is 11.6 Å². The van der Waals surface area contributed by atoms with Crippen LogP contribution in [0, 0.1) is 6.92 Å². The Hall–Kier alpha value is -1.91. The smallest absolute Gasteiger partial charge is 0.154 e. The number of nitrogens with two attached hydrogens (primary N) is 1. The molecule has 2 aromatic heterocycles. The summed E-state index contributed by atoms with van der Waals surface area (Å²) in [6, 6.07) is 9.88. The Morgan fingerprint density at radius 1 is 1.32 bits per heavy atom. The zero-order chi connectivity index (χ0) is 13.4. The Bertz CT molecular complexity index is 729. The van der Waals surface area contributed by atoms with Crippen LogP contribution in [0.4, 0.5) is 0 Å². The van der Waals surface area contributed by atoms with Crippen LogP contribution in [0.3, 0.4) is 0 Å². The second kappa shape index (κ2) is 4.64. The largest absolute Gasteiger partial charge is 0.326 e. The molecule has 5 heteroatoms. The van der Waals surface area contributed by atoms with Gasteiger partial charge in [-0.2, -0.15) is 5.10 Å². The first-order valence-electron chi connectivity index (χ1n) is 6.00. The standard InChI is InChI=1S/C14H13ClN4/c1-9-12(15)8-19(18-9)14-6-10(7-16)11-4-2-3-5-13(11)17-14/h2-6,8H,7,16H2,1H3. The van der Waals surface area contributed by atoms with Gasteiger partial charge in [-0.25, -0.2) is 9.67 Å². The van der Waals surface area contributed by atoms with E-state index in [1.807, 2.05) is 37.3 Å². The predicted molar refractivity (Wildman–Crippen MR) is 76.5 cm³/mol. The number of fused-ring (bicyclic) bond motifs is 1. The van der Waals surface area contributed by atoms with E-state index in [0.717, 1.165) is 28.0 Å². The summed E-state index contributed by atoms with van der Waals surface area (Å²) in [5.74, 6) is 0.731. The quantitative estimate of drug-likeness (QED) is 0.780. The summed E-state index contributed by atoms with van der Waals surface area (Å²) in [5.41, 5.74) is 8.55. The van der Waals surface area contributed by atoms with E-state index < -0.39 is 0 Å². The van der Waals surface area contributed by atoms with Crippen LogP contribution in [0.5, 0.6) is 0 Å². The Labute approximate surface area is 115 Å². The molecular formula is C14H13ClN4. The van der Waals surface area contributed by atoms with E-state index in [1.54, 1.807) is 10.9 Å². The van der Waals surface area contributed by atoms with Crippen molar-refractivity contribution in [2.45, 2.75) is 13.5 Å². The third-order valence-electron chi connectivity index (χ3n) is 3.08. The summed E-state index contributed by atoms with van der Waals surface area (Å²) >= 11 is 6.04. The van der Waals surface area contributed by atoms with Gasteiger partial charge in [0.1, 0.15) is 0 Å².